The van der Waals surface area contributed by atoms with E-state index in [-0.39, 0.29) is 0 Å². The Balaban J connectivity index is 2.20. The van der Waals surface area contributed by atoms with Crippen LogP contribution < -0.4 is 0 Å². The molecule has 68 valence electrons. The van der Waals surface area contributed by atoms with Gasteiger partial charge in [-0.1, -0.05) is 20.8 Å². The van der Waals surface area contributed by atoms with Crippen LogP contribution in [0.2, 0.25) is 0 Å². The molecule has 1 aromatic rings. The minimum atomic E-state index is 0.431. The van der Waals surface area contributed by atoms with Crippen LogP contribution in [0.25, 0.3) is 0 Å². The van der Waals surface area contributed by atoms with Crippen LogP contribution in [0.4, 0.5) is 0 Å². The van der Waals surface area contributed by atoms with Crippen molar-refractivity contribution in [2.75, 3.05) is 0 Å². The van der Waals surface area contributed by atoms with Gasteiger partial charge in [-0.3, -0.25) is 4.68 Å². The van der Waals surface area contributed by atoms with Gasteiger partial charge in [0.1, 0.15) is 12.7 Å². The van der Waals surface area contributed by atoms with Gasteiger partial charge < -0.3 is 0 Å². The standard InChI is InChI=1S/C9H17N3/c1-9(2,3)5-4-6-12-8-10-7-11-12/h7-8H,4-6H2,1-3H3. The molecular weight excluding hydrogens is 150 g/mol. The highest BCUT2D eigenvalue weighted by Crippen LogP contribution is 2.20. The first kappa shape index (κ1) is 9.23. The summed E-state index contributed by atoms with van der Waals surface area (Å²) in [5.74, 6) is 0. The number of hydrogen-bond acceptors (Lipinski definition) is 2. The van der Waals surface area contributed by atoms with Crippen molar-refractivity contribution in [3.8, 4) is 0 Å². The third-order valence-electron chi connectivity index (χ3n) is 1.78. The van der Waals surface area contributed by atoms with Gasteiger partial charge in [0.05, 0.1) is 0 Å². The van der Waals surface area contributed by atoms with Gasteiger partial charge in [-0.15, -0.1) is 0 Å². The zero-order valence-corrected chi connectivity index (χ0v) is 8.12. The molecule has 1 rings (SSSR count). The third kappa shape index (κ3) is 3.51. The molecule has 0 spiro atoms. The minimum absolute atomic E-state index is 0.431. The molecule has 0 radical (unpaired) electrons. The second-order valence-corrected chi connectivity index (χ2v) is 4.32. The van der Waals surface area contributed by atoms with E-state index in [0.29, 0.717) is 5.41 Å². The summed E-state index contributed by atoms with van der Waals surface area (Å²) in [6, 6.07) is 0. The number of rotatable bonds is 3. The van der Waals surface area contributed by atoms with Crippen LogP contribution in [0.3, 0.4) is 0 Å². The van der Waals surface area contributed by atoms with E-state index in [1.807, 2.05) is 4.68 Å². The van der Waals surface area contributed by atoms with E-state index in [9.17, 15) is 0 Å². The van der Waals surface area contributed by atoms with E-state index < -0.39 is 0 Å². The van der Waals surface area contributed by atoms with Gasteiger partial charge >= 0.3 is 0 Å². The molecule has 0 fully saturated rings. The van der Waals surface area contributed by atoms with E-state index in [1.54, 1.807) is 12.7 Å². The summed E-state index contributed by atoms with van der Waals surface area (Å²) in [5.41, 5.74) is 0.431. The van der Waals surface area contributed by atoms with Crippen molar-refractivity contribution in [1.29, 1.82) is 0 Å². The maximum absolute atomic E-state index is 4.04. The minimum Gasteiger partial charge on any atom is -0.253 e. The quantitative estimate of drug-likeness (QED) is 0.690. The summed E-state index contributed by atoms with van der Waals surface area (Å²) in [7, 11) is 0. The lowest BCUT2D eigenvalue weighted by Crippen LogP contribution is -2.07. The van der Waals surface area contributed by atoms with Gasteiger partial charge in [0, 0.05) is 6.54 Å². The van der Waals surface area contributed by atoms with Crippen molar-refractivity contribution in [2.45, 2.75) is 40.2 Å². The molecule has 3 heteroatoms. The van der Waals surface area contributed by atoms with E-state index >= 15 is 0 Å². The summed E-state index contributed by atoms with van der Waals surface area (Å²) < 4.78 is 1.88. The highest BCUT2D eigenvalue weighted by atomic mass is 15.3. The molecule has 1 heterocycles. The van der Waals surface area contributed by atoms with Crippen LogP contribution >= 0.6 is 0 Å². The van der Waals surface area contributed by atoms with Gasteiger partial charge in [0.25, 0.3) is 0 Å². The van der Waals surface area contributed by atoms with Crippen LogP contribution in [0.15, 0.2) is 12.7 Å². The van der Waals surface area contributed by atoms with Crippen LogP contribution in [0.1, 0.15) is 33.6 Å². The Morgan fingerprint density at radius 1 is 1.33 bits per heavy atom. The second kappa shape index (κ2) is 3.70. The molecule has 0 aliphatic heterocycles. The number of aryl methyl sites for hydroxylation is 1. The Morgan fingerprint density at radius 2 is 2.08 bits per heavy atom. The predicted molar refractivity (Wildman–Crippen MR) is 48.7 cm³/mol. The lowest BCUT2D eigenvalue weighted by molar-refractivity contribution is 0.349. The molecule has 0 N–H and O–H groups in total. The van der Waals surface area contributed by atoms with Crippen molar-refractivity contribution >= 4 is 0 Å². The topological polar surface area (TPSA) is 30.7 Å². The van der Waals surface area contributed by atoms with Crippen molar-refractivity contribution in [3.63, 3.8) is 0 Å². The van der Waals surface area contributed by atoms with Crippen LogP contribution in [-0.4, -0.2) is 14.8 Å². The van der Waals surface area contributed by atoms with Crippen LogP contribution in [-0.2, 0) is 6.54 Å². The fraction of sp³-hybridized carbons (Fsp3) is 0.778. The Labute approximate surface area is 73.8 Å². The molecule has 0 unspecified atom stereocenters. The summed E-state index contributed by atoms with van der Waals surface area (Å²) in [6.07, 6.45) is 5.75. The zero-order chi connectivity index (χ0) is 9.03. The Bertz CT molecular complexity index is 208. The fourth-order valence-electron chi connectivity index (χ4n) is 1.12. The molecule has 0 amide bonds. The lowest BCUT2D eigenvalue weighted by Gasteiger charge is -2.17. The third-order valence-corrected chi connectivity index (χ3v) is 1.78. The predicted octanol–water partition coefficient (Wildman–Crippen LogP) is 2.10. The zero-order valence-electron chi connectivity index (χ0n) is 8.12. The van der Waals surface area contributed by atoms with Gasteiger partial charge in [0.15, 0.2) is 0 Å². The summed E-state index contributed by atoms with van der Waals surface area (Å²) >= 11 is 0. The van der Waals surface area contributed by atoms with E-state index in [4.69, 9.17) is 0 Å². The van der Waals surface area contributed by atoms with Crippen molar-refractivity contribution in [3.05, 3.63) is 12.7 Å². The summed E-state index contributed by atoms with van der Waals surface area (Å²) in [4.78, 5) is 3.89. The maximum atomic E-state index is 4.04. The number of hydrogen-bond donors (Lipinski definition) is 0. The summed E-state index contributed by atoms with van der Waals surface area (Å²) in [5, 5.41) is 4.04. The van der Waals surface area contributed by atoms with E-state index in [0.717, 1.165) is 6.54 Å². The van der Waals surface area contributed by atoms with Crippen molar-refractivity contribution < 1.29 is 0 Å². The van der Waals surface area contributed by atoms with Crippen molar-refractivity contribution in [1.82, 2.24) is 14.8 Å². The lowest BCUT2D eigenvalue weighted by atomic mass is 9.91. The molecule has 3 nitrogen and oxygen atoms in total. The maximum Gasteiger partial charge on any atom is 0.137 e. The fourth-order valence-corrected chi connectivity index (χ4v) is 1.12. The highest BCUT2D eigenvalue weighted by Gasteiger charge is 2.08. The molecule has 0 aromatic carbocycles. The van der Waals surface area contributed by atoms with Crippen LogP contribution in [0, 0.1) is 5.41 Å². The van der Waals surface area contributed by atoms with E-state index in [2.05, 4.69) is 30.9 Å². The molecule has 0 aliphatic rings. The van der Waals surface area contributed by atoms with Gasteiger partial charge in [-0.05, 0) is 18.3 Å². The number of nitrogens with zero attached hydrogens (tertiary/aromatic N) is 3. The molecule has 0 bridgehead atoms. The first-order valence-electron chi connectivity index (χ1n) is 4.40. The first-order chi connectivity index (χ1) is 5.58. The average molecular weight is 167 g/mol. The highest BCUT2D eigenvalue weighted by molar-refractivity contribution is 4.62. The monoisotopic (exact) mass is 167 g/mol. The molecule has 0 atom stereocenters. The average Bonchev–Trinajstić information content (AvgIpc) is 2.36. The molecule has 0 saturated carbocycles. The first-order valence-corrected chi connectivity index (χ1v) is 4.40. The second-order valence-electron chi connectivity index (χ2n) is 4.32. The van der Waals surface area contributed by atoms with Gasteiger partial charge in [-0.2, -0.15) is 5.10 Å². The Morgan fingerprint density at radius 3 is 2.58 bits per heavy atom. The molecule has 1 aromatic heterocycles. The molecule has 12 heavy (non-hydrogen) atoms. The largest absolute Gasteiger partial charge is 0.253 e. The molecule has 0 aliphatic carbocycles. The Hall–Kier alpha value is -0.860. The normalized spacial score (nSPS) is 11.9. The molecular formula is C9H17N3. The molecule has 0 saturated heterocycles. The SMILES string of the molecule is CC(C)(C)CCCn1cncn1. The number of aromatic nitrogens is 3. The van der Waals surface area contributed by atoms with E-state index in [1.165, 1.54) is 12.8 Å². The van der Waals surface area contributed by atoms with Gasteiger partial charge in [-0.25, -0.2) is 4.98 Å². The Kier molecular flexibility index (Phi) is 2.84. The van der Waals surface area contributed by atoms with Crippen molar-refractivity contribution in [2.24, 2.45) is 5.41 Å². The van der Waals surface area contributed by atoms with Crippen LogP contribution in [0.5, 0.6) is 0 Å². The van der Waals surface area contributed by atoms with Gasteiger partial charge in [0.2, 0.25) is 0 Å². The summed E-state index contributed by atoms with van der Waals surface area (Å²) in [6.45, 7) is 7.76. The smallest absolute Gasteiger partial charge is 0.137 e.